The first-order valence-electron chi connectivity index (χ1n) is 25.0. The maximum absolute atomic E-state index is 15.2. The van der Waals surface area contributed by atoms with E-state index in [1.807, 2.05) is 61.2 Å². The number of anilines is 2. The van der Waals surface area contributed by atoms with Gasteiger partial charge in [-0.05, 0) is 124 Å². The van der Waals surface area contributed by atoms with Crippen molar-refractivity contribution in [3.8, 4) is 0 Å². The van der Waals surface area contributed by atoms with Crippen LogP contribution in [0.2, 0.25) is 0 Å². The van der Waals surface area contributed by atoms with E-state index in [0.29, 0.717) is 80.2 Å². The second-order valence-electron chi connectivity index (χ2n) is 20.4. The van der Waals surface area contributed by atoms with Gasteiger partial charge in [-0.25, -0.2) is 19.6 Å². The molecule has 0 bridgehead atoms. The third-order valence-electron chi connectivity index (χ3n) is 15.4. The number of carbonyl (C=O) groups is 4. The molecule has 0 radical (unpaired) electrons. The number of alkyl carbamates (subject to hydrolysis) is 1. The summed E-state index contributed by atoms with van der Waals surface area (Å²) in [6.07, 6.45) is 0.415. The van der Waals surface area contributed by atoms with Crippen LogP contribution in [0.25, 0.3) is 22.1 Å². The minimum atomic E-state index is -4.60. The average Bonchev–Trinajstić information content (AvgIpc) is 4.21. The number of rotatable bonds is 12. The van der Waals surface area contributed by atoms with E-state index < -0.39 is 41.6 Å². The van der Waals surface area contributed by atoms with Gasteiger partial charge < -0.3 is 50.1 Å². The second-order valence-corrected chi connectivity index (χ2v) is 20.4. The highest BCUT2D eigenvalue weighted by molar-refractivity contribution is 5.89. The molecule has 71 heavy (non-hydrogen) atoms. The van der Waals surface area contributed by atoms with Gasteiger partial charge in [-0.2, -0.15) is 13.2 Å². The van der Waals surface area contributed by atoms with Gasteiger partial charge in [0, 0.05) is 43.5 Å². The first-order valence-corrected chi connectivity index (χ1v) is 25.0. The van der Waals surface area contributed by atoms with Gasteiger partial charge in [0.2, 0.25) is 5.91 Å². The summed E-state index contributed by atoms with van der Waals surface area (Å²) in [5, 5.41) is 2.70. The van der Waals surface area contributed by atoms with Crippen LogP contribution in [0.4, 0.5) is 34.1 Å². The Balaban J connectivity index is 1.06. The number of aromatic amines is 2. The lowest BCUT2D eigenvalue weighted by Gasteiger charge is -2.36. The molecule has 4 aliphatic rings. The number of carbonyl (C=O) groups excluding carboxylic acids is 4. The molecule has 4 aliphatic heterocycles. The van der Waals surface area contributed by atoms with E-state index in [9.17, 15) is 19.2 Å². The summed E-state index contributed by atoms with van der Waals surface area (Å²) in [4.78, 5) is 76.4. The Morgan fingerprint density at radius 1 is 0.732 bits per heavy atom. The van der Waals surface area contributed by atoms with Crippen LogP contribution in [0.3, 0.4) is 0 Å². The third-order valence-corrected chi connectivity index (χ3v) is 15.4. The molecule has 5 aromatic rings. The third kappa shape index (κ3) is 9.55. The Morgan fingerprint density at radius 3 is 1.82 bits per heavy atom. The van der Waals surface area contributed by atoms with Gasteiger partial charge in [0.1, 0.15) is 17.7 Å². The van der Waals surface area contributed by atoms with Crippen molar-refractivity contribution in [2.75, 3.05) is 43.1 Å². The Bertz CT molecular complexity index is 2800. The zero-order valence-corrected chi connectivity index (χ0v) is 41.3. The second kappa shape index (κ2) is 19.6. The van der Waals surface area contributed by atoms with Crippen molar-refractivity contribution in [2.45, 2.75) is 134 Å². The van der Waals surface area contributed by atoms with Crippen LogP contribution in [-0.2, 0) is 25.2 Å². The number of hydrogen-bond donors (Lipinski definition) is 4. The van der Waals surface area contributed by atoms with Crippen LogP contribution in [-0.4, -0.2) is 98.7 Å². The number of benzene rings is 3. The van der Waals surface area contributed by atoms with Crippen molar-refractivity contribution in [1.82, 2.24) is 35.1 Å². The quantitative estimate of drug-likeness (QED) is 0.0935. The van der Waals surface area contributed by atoms with Gasteiger partial charge in [-0.3, -0.25) is 9.59 Å². The van der Waals surface area contributed by atoms with Crippen LogP contribution in [0.5, 0.6) is 0 Å². The molecule has 6 atom stereocenters. The molecule has 5 N–H and O–H groups in total. The molecule has 19 heteroatoms. The Kier molecular flexibility index (Phi) is 13.6. The van der Waals surface area contributed by atoms with E-state index >= 15 is 13.2 Å². The highest BCUT2D eigenvalue weighted by Gasteiger charge is 2.47. The van der Waals surface area contributed by atoms with Crippen LogP contribution in [0.1, 0.15) is 145 Å². The number of ether oxygens (including phenoxy) is 2. The summed E-state index contributed by atoms with van der Waals surface area (Å²) in [6, 6.07) is 14.4. The number of imidazole rings is 2. The number of aromatic nitrogens is 4. The molecule has 4 fully saturated rings. The molecule has 0 saturated carbocycles. The zero-order valence-electron chi connectivity index (χ0n) is 41.3. The maximum Gasteiger partial charge on any atom is 0.418 e. The lowest BCUT2D eigenvalue weighted by Crippen LogP contribution is -2.53. The van der Waals surface area contributed by atoms with Crippen molar-refractivity contribution in [1.29, 1.82) is 0 Å². The summed E-state index contributed by atoms with van der Waals surface area (Å²) in [5.74, 6) is 0.106. The van der Waals surface area contributed by atoms with Crippen molar-refractivity contribution < 1.29 is 41.8 Å². The summed E-state index contributed by atoms with van der Waals surface area (Å²) >= 11 is 0. The molecular weight excluding hydrogens is 918 g/mol. The van der Waals surface area contributed by atoms with Crippen LogP contribution in [0, 0.1) is 11.8 Å². The summed E-state index contributed by atoms with van der Waals surface area (Å²) in [5.41, 5.74) is 8.56. The predicted octanol–water partition coefficient (Wildman–Crippen LogP) is 9.75. The minimum absolute atomic E-state index is 0.190. The topological polar surface area (TPSA) is 195 Å². The summed E-state index contributed by atoms with van der Waals surface area (Å²) in [6.45, 7) is 11.0. The number of nitrogens with two attached hydrogens (primary N) is 1. The molecule has 4 saturated heterocycles. The normalized spacial score (nSPS) is 22.2. The van der Waals surface area contributed by atoms with Crippen molar-refractivity contribution in [3.63, 3.8) is 0 Å². The number of amides is 4. The Labute approximate surface area is 411 Å². The minimum Gasteiger partial charge on any atom is -0.453 e. The van der Waals surface area contributed by atoms with Crippen LogP contribution < -0.4 is 20.9 Å². The molecule has 3 aromatic carbocycles. The van der Waals surface area contributed by atoms with Crippen molar-refractivity contribution in [2.24, 2.45) is 17.6 Å². The molecule has 380 valence electrons. The maximum atomic E-state index is 15.2. The van der Waals surface area contributed by atoms with E-state index in [-0.39, 0.29) is 47.5 Å². The molecule has 6 heterocycles. The number of nitrogens with one attached hydrogen (secondary N) is 3. The van der Waals surface area contributed by atoms with Gasteiger partial charge in [-0.15, -0.1) is 0 Å². The fourth-order valence-electron chi connectivity index (χ4n) is 11.4. The molecular formula is C52H65F3N10O6. The van der Waals surface area contributed by atoms with E-state index in [1.54, 1.807) is 36.6 Å². The lowest BCUT2D eigenvalue weighted by molar-refractivity contribution is -0.155. The standard InChI is InChI=1S/C52H65F3N10O6/c1-29(2)44(61-50(69)70-6)47(66)63-24-10-12-42(63)45-57-35-17-14-31(26-37(35)59-45)39-20-21-40(65(39)33-16-19-41(34(28-33)52(53,54)55)62-22-8-7-9-23-62)32-15-18-36-38(27-32)60-46(58-36)43-13-11-25-64(43)48(67)51(5,30(3)4)71-49(56)68/h14-19,26-30,39-40,42-44H,7-13,20-25H2,1-6H3,(H2,56,68)(H,57,59)(H,58,60)(H,61,69)/t39-,40?,42?,43?,44?,51+/m1/s1. The molecule has 0 spiro atoms. The summed E-state index contributed by atoms with van der Waals surface area (Å²) < 4.78 is 55.9. The van der Waals surface area contributed by atoms with Crippen LogP contribution >= 0.6 is 0 Å². The number of H-pyrrole nitrogens is 2. The fraction of sp³-hybridized carbons (Fsp3) is 0.538. The molecule has 0 aliphatic carbocycles. The van der Waals surface area contributed by atoms with Gasteiger partial charge in [-0.1, -0.05) is 39.8 Å². The first-order chi connectivity index (χ1) is 33.9. The SMILES string of the molecule is COC(=O)NC(C(=O)N1CCCC1c1nc2ccc([C@H]3CCC(c4ccc5nc(C6CCCN6C(=O)[C@@](C)(OC(N)=O)C(C)C)[nH]c5c4)N3c3ccc(N4CCCCC4)c(C(F)(F)F)c3)cc2[nH]1)C(C)C. The van der Waals surface area contributed by atoms with Gasteiger partial charge >= 0.3 is 18.4 Å². The van der Waals surface area contributed by atoms with Crippen molar-refractivity contribution >= 4 is 57.4 Å². The van der Waals surface area contributed by atoms with Gasteiger partial charge in [0.25, 0.3) is 5.91 Å². The van der Waals surface area contributed by atoms with E-state index in [0.717, 1.165) is 54.3 Å². The number of alkyl halides is 3. The average molecular weight is 983 g/mol. The van der Waals surface area contributed by atoms with Gasteiger partial charge in [0.05, 0.1) is 58.9 Å². The van der Waals surface area contributed by atoms with E-state index in [1.165, 1.54) is 13.2 Å². The molecule has 9 rings (SSSR count). The number of halogens is 3. The van der Waals surface area contributed by atoms with Gasteiger partial charge in [0.15, 0.2) is 5.60 Å². The Hall–Kier alpha value is -6.53. The highest BCUT2D eigenvalue weighted by Crippen LogP contribution is 2.50. The smallest absolute Gasteiger partial charge is 0.418 e. The number of nitrogens with zero attached hydrogens (tertiary/aromatic N) is 6. The number of likely N-dealkylation sites (tertiary alicyclic amines) is 2. The van der Waals surface area contributed by atoms with E-state index in [2.05, 4.69) is 20.2 Å². The largest absolute Gasteiger partial charge is 0.453 e. The predicted molar refractivity (Wildman–Crippen MR) is 262 cm³/mol. The zero-order chi connectivity index (χ0) is 50.5. The number of hydrogen-bond acceptors (Lipinski definition) is 10. The van der Waals surface area contributed by atoms with Crippen LogP contribution in [0.15, 0.2) is 54.6 Å². The summed E-state index contributed by atoms with van der Waals surface area (Å²) in [7, 11) is 1.26. The van der Waals surface area contributed by atoms with E-state index in [4.69, 9.17) is 25.2 Å². The molecule has 4 amide bonds. The highest BCUT2D eigenvalue weighted by atomic mass is 19.4. The molecule has 2 aromatic heterocycles. The fourth-order valence-corrected chi connectivity index (χ4v) is 11.4. The number of piperidine rings is 1. The van der Waals surface area contributed by atoms with Crippen molar-refractivity contribution in [3.05, 3.63) is 82.9 Å². The number of fused-ring (bicyclic) bond motifs is 2. The first kappa shape index (κ1) is 49.5. The molecule has 16 nitrogen and oxygen atoms in total. The Morgan fingerprint density at radius 2 is 1.30 bits per heavy atom. The molecule has 4 unspecified atom stereocenters. The lowest BCUT2D eigenvalue weighted by atomic mass is 9.90. The number of methoxy groups -OCH3 is 1. The monoisotopic (exact) mass is 983 g/mol. The number of primary amides is 1.